The molecule has 0 radical (unpaired) electrons. The number of rotatable bonds is 5. The van der Waals surface area contributed by atoms with Crippen LogP contribution in [0.4, 0.5) is 0 Å². The van der Waals surface area contributed by atoms with Gasteiger partial charge in [0.2, 0.25) is 0 Å². The number of hydrogen-bond donors (Lipinski definition) is 0. The molecule has 2 rings (SSSR count). The van der Waals surface area contributed by atoms with Crippen molar-refractivity contribution < 1.29 is 0 Å². The average molecular weight is 300 g/mol. The molecule has 0 aliphatic carbocycles. The molecule has 0 unspecified atom stereocenters. The Labute approximate surface area is 141 Å². The zero-order chi connectivity index (χ0) is 16.3. The molecule has 0 fully saturated rings. The summed E-state index contributed by atoms with van der Waals surface area (Å²) in [5.74, 6) is 12.5. The maximum atomic E-state index is 3.24. The molecule has 0 aliphatic rings. The molecule has 0 amide bonds. The Bertz CT molecular complexity index is 710. The van der Waals surface area contributed by atoms with E-state index < -0.39 is 0 Å². The van der Waals surface area contributed by atoms with Crippen LogP contribution in [-0.4, -0.2) is 0 Å². The fourth-order valence-corrected chi connectivity index (χ4v) is 2.37. The van der Waals surface area contributed by atoms with E-state index in [4.69, 9.17) is 0 Å². The van der Waals surface area contributed by atoms with E-state index >= 15 is 0 Å². The summed E-state index contributed by atoms with van der Waals surface area (Å²) in [5.41, 5.74) is 4.77. The Kier molecular flexibility index (Phi) is 7.03. The Hall–Kier alpha value is -2.44. The molecular formula is C23H24. The highest BCUT2D eigenvalue weighted by Gasteiger charge is 1.94. The summed E-state index contributed by atoms with van der Waals surface area (Å²) < 4.78 is 0. The minimum Gasteiger partial charge on any atom is -0.106 e. The maximum Gasteiger partial charge on any atom is 0.0340 e. The summed E-state index contributed by atoms with van der Waals surface area (Å²) in [4.78, 5) is 0. The maximum absolute atomic E-state index is 3.24. The molecule has 0 heteroatoms. The lowest BCUT2D eigenvalue weighted by Gasteiger charge is -2.00. The van der Waals surface area contributed by atoms with Crippen LogP contribution in [0.25, 0.3) is 0 Å². The third kappa shape index (κ3) is 6.06. The summed E-state index contributed by atoms with van der Waals surface area (Å²) in [6.07, 6.45) is 5.83. The van der Waals surface area contributed by atoms with Crippen molar-refractivity contribution in [3.63, 3.8) is 0 Å². The third-order valence-corrected chi connectivity index (χ3v) is 3.80. The molecule has 2 aromatic rings. The van der Waals surface area contributed by atoms with Crippen molar-refractivity contribution >= 4 is 0 Å². The molecule has 0 N–H and O–H groups in total. The molecule has 0 saturated heterocycles. The van der Waals surface area contributed by atoms with Gasteiger partial charge in [-0.3, -0.25) is 0 Å². The minimum atomic E-state index is 0.809. The third-order valence-electron chi connectivity index (χ3n) is 3.80. The zero-order valence-electron chi connectivity index (χ0n) is 14.2. The van der Waals surface area contributed by atoms with E-state index in [0.717, 1.165) is 17.5 Å². The van der Waals surface area contributed by atoms with Gasteiger partial charge in [0.25, 0.3) is 0 Å². The molecular weight excluding hydrogens is 276 g/mol. The summed E-state index contributed by atoms with van der Waals surface area (Å²) in [7, 11) is 0. The van der Waals surface area contributed by atoms with Gasteiger partial charge < -0.3 is 0 Å². The van der Waals surface area contributed by atoms with Gasteiger partial charge in [0.1, 0.15) is 0 Å². The van der Waals surface area contributed by atoms with E-state index in [0.29, 0.717) is 0 Å². The first-order valence-electron chi connectivity index (χ1n) is 8.41. The van der Waals surface area contributed by atoms with E-state index in [1.54, 1.807) is 0 Å². The molecule has 0 aromatic heterocycles. The SMILES string of the molecule is CC#CCc1ccc(C#Cc2ccc(CCCCC)cc2)cc1. The largest absolute Gasteiger partial charge is 0.106 e. The summed E-state index contributed by atoms with van der Waals surface area (Å²) in [5, 5.41) is 0. The molecule has 0 atom stereocenters. The van der Waals surface area contributed by atoms with E-state index in [2.05, 4.69) is 79.1 Å². The minimum absolute atomic E-state index is 0.809. The standard InChI is InChI=1S/C23H24/c1-3-5-7-9-21-12-16-23(17-13-21)19-18-22-14-10-20(11-15-22)8-6-4-2/h10-17H,3,5,7-9H2,1-2H3. The van der Waals surface area contributed by atoms with E-state index in [9.17, 15) is 0 Å². The first-order chi connectivity index (χ1) is 11.3. The Balaban J connectivity index is 1.96. The van der Waals surface area contributed by atoms with Gasteiger partial charge in [-0.25, -0.2) is 0 Å². The van der Waals surface area contributed by atoms with Gasteiger partial charge in [-0.05, 0) is 55.2 Å². The molecule has 0 bridgehead atoms. The quantitative estimate of drug-likeness (QED) is 0.513. The summed E-state index contributed by atoms with van der Waals surface area (Å²) >= 11 is 0. The molecule has 0 heterocycles. The van der Waals surface area contributed by atoms with E-state index in [1.165, 1.54) is 36.8 Å². The van der Waals surface area contributed by atoms with E-state index in [-0.39, 0.29) is 0 Å². The summed E-state index contributed by atoms with van der Waals surface area (Å²) in [6.45, 7) is 4.11. The van der Waals surface area contributed by atoms with Gasteiger partial charge in [0.05, 0.1) is 0 Å². The van der Waals surface area contributed by atoms with Gasteiger partial charge in [-0.15, -0.1) is 5.92 Å². The lowest BCUT2D eigenvalue weighted by Crippen LogP contribution is -1.86. The van der Waals surface area contributed by atoms with Crippen LogP contribution in [0.2, 0.25) is 0 Å². The predicted octanol–water partition coefficient (Wildman–Crippen LogP) is 5.38. The molecule has 0 spiro atoms. The van der Waals surface area contributed by atoms with Gasteiger partial charge in [-0.2, -0.15) is 0 Å². The van der Waals surface area contributed by atoms with Crippen LogP contribution in [-0.2, 0) is 12.8 Å². The van der Waals surface area contributed by atoms with Crippen LogP contribution in [0.15, 0.2) is 48.5 Å². The van der Waals surface area contributed by atoms with Crippen LogP contribution in [0, 0.1) is 23.7 Å². The van der Waals surface area contributed by atoms with Crippen molar-refractivity contribution in [1.29, 1.82) is 0 Å². The van der Waals surface area contributed by atoms with Crippen LogP contribution in [0.3, 0.4) is 0 Å². The van der Waals surface area contributed by atoms with Crippen LogP contribution in [0.1, 0.15) is 55.4 Å². The van der Waals surface area contributed by atoms with Crippen LogP contribution < -0.4 is 0 Å². The van der Waals surface area contributed by atoms with Gasteiger partial charge >= 0.3 is 0 Å². The smallest absolute Gasteiger partial charge is 0.0340 e. The van der Waals surface area contributed by atoms with Crippen molar-refractivity contribution in [3.8, 4) is 23.7 Å². The van der Waals surface area contributed by atoms with Crippen molar-refractivity contribution in [2.75, 3.05) is 0 Å². The highest BCUT2D eigenvalue weighted by atomic mass is 14.0. The van der Waals surface area contributed by atoms with Gasteiger partial charge in [-0.1, -0.05) is 61.8 Å². The van der Waals surface area contributed by atoms with Crippen molar-refractivity contribution in [3.05, 3.63) is 70.8 Å². The molecule has 23 heavy (non-hydrogen) atoms. The summed E-state index contributed by atoms with van der Waals surface area (Å²) in [6, 6.07) is 17.0. The highest BCUT2D eigenvalue weighted by Crippen LogP contribution is 2.09. The topological polar surface area (TPSA) is 0 Å². The lowest BCUT2D eigenvalue weighted by atomic mass is 10.1. The molecule has 0 aliphatic heterocycles. The Morgan fingerprint density at radius 1 is 0.739 bits per heavy atom. The molecule has 116 valence electrons. The number of benzene rings is 2. The lowest BCUT2D eigenvalue weighted by molar-refractivity contribution is 0.717. The van der Waals surface area contributed by atoms with E-state index in [1.807, 2.05) is 6.92 Å². The zero-order valence-corrected chi connectivity index (χ0v) is 14.2. The van der Waals surface area contributed by atoms with Crippen molar-refractivity contribution in [1.82, 2.24) is 0 Å². The normalized spacial score (nSPS) is 9.48. The number of aryl methyl sites for hydroxylation is 1. The second-order valence-corrected chi connectivity index (χ2v) is 5.70. The highest BCUT2D eigenvalue weighted by molar-refractivity contribution is 5.44. The number of hydrogen-bond acceptors (Lipinski definition) is 0. The van der Waals surface area contributed by atoms with Crippen molar-refractivity contribution in [2.45, 2.75) is 46.0 Å². The molecule has 2 aromatic carbocycles. The molecule has 0 nitrogen and oxygen atoms in total. The van der Waals surface area contributed by atoms with Crippen LogP contribution >= 0.6 is 0 Å². The van der Waals surface area contributed by atoms with Crippen molar-refractivity contribution in [2.24, 2.45) is 0 Å². The van der Waals surface area contributed by atoms with Crippen LogP contribution in [0.5, 0.6) is 0 Å². The number of unbranched alkanes of at least 4 members (excludes halogenated alkanes) is 2. The second-order valence-electron chi connectivity index (χ2n) is 5.70. The average Bonchev–Trinajstić information content (AvgIpc) is 2.60. The Morgan fingerprint density at radius 2 is 1.30 bits per heavy atom. The monoisotopic (exact) mass is 300 g/mol. The predicted molar refractivity (Wildman–Crippen MR) is 99.2 cm³/mol. The fraction of sp³-hybridized carbons (Fsp3) is 0.304. The first kappa shape index (κ1) is 16.9. The second kappa shape index (κ2) is 9.55. The first-order valence-corrected chi connectivity index (χ1v) is 8.41. The van der Waals surface area contributed by atoms with Gasteiger partial charge in [0, 0.05) is 17.5 Å². The van der Waals surface area contributed by atoms with Gasteiger partial charge in [0.15, 0.2) is 0 Å². The molecule has 0 saturated carbocycles. The Morgan fingerprint density at radius 3 is 1.83 bits per heavy atom. The fourth-order valence-electron chi connectivity index (χ4n) is 2.37.